The van der Waals surface area contributed by atoms with Crippen LogP contribution in [0, 0.1) is 0 Å². The lowest BCUT2D eigenvalue weighted by atomic mass is 10.2. The summed E-state index contributed by atoms with van der Waals surface area (Å²) in [5.74, 6) is 3.06. The smallest absolute Gasteiger partial charge is 0.179 e. The number of fused-ring (bicyclic) bond motifs is 4. The predicted molar refractivity (Wildman–Crippen MR) is 64.9 cm³/mol. The molecule has 3 aromatic rings. The standard InChI is InChI=1S/C14H9NO2/c1-2-4-12-11(3-1)16-13-6-5-9-7-15-8-10(9)14(13)17-12/h1-8,15H. The van der Waals surface area contributed by atoms with Crippen LogP contribution in [0.25, 0.3) is 10.8 Å². The summed E-state index contributed by atoms with van der Waals surface area (Å²) in [4.78, 5) is 3.08. The summed E-state index contributed by atoms with van der Waals surface area (Å²) in [7, 11) is 0. The molecule has 82 valence electrons. The Kier molecular flexibility index (Phi) is 1.56. The largest absolute Gasteiger partial charge is 0.449 e. The van der Waals surface area contributed by atoms with Crippen LogP contribution < -0.4 is 9.47 Å². The van der Waals surface area contributed by atoms with E-state index in [4.69, 9.17) is 9.47 Å². The van der Waals surface area contributed by atoms with Gasteiger partial charge in [-0.15, -0.1) is 0 Å². The topological polar surface area (TPSA) is 34.2 Å². The molecule has 0 unspecified atom stereocenters. The van der Waals surface area contributed by atoms with Crippen molar-refractivity contribution in [2.24, 2.45) is 0 Å². The molecule has 0 atom stereocenters. The Morgan fingerprint density at radius 3 is 2.47 bits per heavy atom. The van der Waals surface area contributed by atoms with Gasteiger partial charge in [0.1, 0.15) is 0 Å². The van der Waals surface area contributed by atoms with Gasteiger partial charge in [-0.05, 0) is 24.3 Å². The van der Waals surface area contributed by atoms with Crippen molar-refractivity contribution in [3.8, 4) is 23.0 Å². The lowest BCUT2D eigenvalue weighted by molar-refractivity contribution is 0.363. The molecule has 2 heterocycles. The van der Waals surface area contributed by atoms with Crippen molar-refractivity contribution in [1.29, 1.82) is 0 Å². The highest BCUT2D eigenvalue weighted by molar-refractivity contribution is 5.91. The predicted octanol–water partition coefficient (Wildman–Crippen LogP) is 4.07. The summed E-state index contributed by atoms with van der Waals surface area (Å²) in [6.45, 7) is 0. The van der Waals surface area contributed by atoms with Crippen LogP contribution in [-0.4, -0.2) is 4.98 Å². The molecule has 1 aromatic heterocycles. The van der Waals surface area contributed by atoms with Crippen LogP contribution in [0.2, 0.25) is 0 Å². The minimum atomic E-state index is 0.758. The van der Waals surface area contributed by atoms with Crippen LogP contribution in [0.15, 0.2) is 48.8 Å². The average molecular weight is 223 g/mol. The molecule has 1 N–H and O–H groups in total. The van der Waals surface area contributed by atoms with E-state index in [1.54, 1.807) is 0 Å². The molecule has 0 saturated heterocycles. The molecule has 1 aliphatic heterocycles. The van der Waals surface area contributed by atoms with Gasteiger partial charge in [0.25, 0.3) is 0 Å². The first-order chi connectivity index (χ1) is 8.42. The summed E-state index contributed by atoms with van der Waals surface area (Å²) in [6, 6.07) is 11.6. The van der Waals surface area contributed by atoms with Crippen molar-refractivity contribution < 1.29 is 9.47 Å². The number of aromatic nitrogens is 1. The Hall–Kier alpha value is -2.42. The number of para-hydroxylation sites is 2. The molecule has 17 heavy (non-hydrogen) atoms. The Balaban J connectivity index is 1.98. The Morgan fingerprint density at radius 2 is 1.59 bits per heavy atom. The third-order valence-corrected chi connectivity index (χ3v) is 2.94. The molecule has 0 amide bonds. The lowest BCUT2D eigenvalue weighted by Crippen LogP contribution is -1.98. The van der Waals surface area contributed by atoms with Crippen molar-refractivity contribution >= 4 is 10.8 Å². The fourth-order valence-corrected chi connectivity index (χ4v) is 2.12. The van der Waals surface area contributed by atoms with E-state index < -0.39 is 0 Å². The number of hydrogen-bond acceptors (Lipinski definition) is 2. The Bertz CT molecular complexity index is 715. The van der Waals surface area contributed by atoms with E-state index >= 15 is 0 Å². The van der Waals surface area contributed by atoms with Gasteiger partial charge in [-0.25, -0.2) is 0 Å². The van der Waals surface area contributed by atoms with Crippen LogP contribution in [0.3, 0.4) is 0 Å². The second-order valence-corrected chi connectivity index (χ2v) is 4.00. The van der Waals surface area contributed by atoms with Crippen LogP contribution in [0.5, 0.6) is 23.0 Å². The van der Waals surface area contributed by atoms with Gasteiger partial charge >= 0.3 is 0 Å². The normalized spacial score (nSPS) is 12.5. The van der Waals surface area contributed by atoms with Gasteiger partial charge in [0.15, 0.2) is 23.0 Å². The van der Waals surface area contributed by atoms with E-state index in [1.165, 1.54) is 0 Å². The van der Waals surface area contributed by atoms with Gasteiger partial charge in [-0.3, -0.25) is 0 Å². The number of H-pyrrole nitrogens is 1. The van der Waals surface area contributed by atoms with Crippen LogP contribution in [0.4, 0.5) is 0 Å². The van der Waals surface area contributed by atoms with Gasteiger partial charge in [0.05, 0.1) is 0 Å². The van der Waals surface area contributed by atoms with E-state index in [-0.39, 0.29) is 0 Å². The number of benzene rings is 2. The molecule has 1 aliphatic rings. The van der Waals surface area contributed by atoms with Gasteiger partial charge in [-0.2, -0.15) is 0 Å². The van der Waals surface area contributed by atoms with Crippen molar-refractivity contribution in [1.82, 2.24) is 4.98 Å². The van der Waals surface area contributed by atoms with Crippen LogP contribution >= 0.6 is 0 Å². The lowest BCUT2D eigenvalue weighted by Gasteiger charge is -2.20. The SMILES string of the molecule is c1ccc2c(c1)Oc1ccc3c[nH]cc3c1O2. The number of nitrogens with one attached hydrogen (secondary N) is 1. The summed E-state index contributed by atoms with van der Waals surface area (Å²) in [5.41, 5.74) is 0. The van der Waals surface area contributed by atoms with Crippen molar-refractivity contribution in [2.75, 3.05) is 0 Å². The summed E-state index contributed by atoms with van der Waals surface area (Å²) >= 11 is 0. The number of rotatable bonds is 0. The van der Waals surface area contributed by atoms with Gasteiger partial charge in [0.2, 0.25) is 0 Å². The van der Waals surface area contributed by atoms with Crippen LogP contribution in [-0.2, 0) is 0 Å². The second-order valence-electron chi connectivity index (χ2n) is 4.00. The Morgan fingerprint density at radius 1 is 0.765 bits per heavy atom. The number of ether oxygens (including phenoxy) is 2. The van der Waals surface area contributed by atoms with Gasteiger partial charge in [0, 0.05) is 23.2 Å². The zero-order chi connectivity index (χ0) is 11.2. The van der Waals surface area contributed by atoms with E-state index in [9.17, 15) is 0 Å². The maximum Gasteiger partial charge on any atom is 0.179 e. The molecule has 4 rings (SSSR count). The van der Waals surface area contributed by atoms with Crippen molar-refractivity contribution in [3.63, 3.8) is 0 Å². The third kappa shape index (κ3) is 1.16. The first-order valence-corrected chi connectivity index (χ1v) is 5.46. The quantitative estimate of drug-likeness (QED) is 0.487. The summed E-state index contributed by atoms with van der Waals surface area (Å²) in [5, 5.41) is 2.16. The van der Waals surface area contributed by atoms with E-state index in [1.807, 2.05) is 48.8 Å². The monoisotopic (exact) mass is 223 g/mol. The van der Waals surface area contributed by atoms with E-state index in [0.29, 0.717) is 0 Å². The minimum Gasteiger partial charge on any atom is -0.449 e. The highest BCUT2D eigenvalue weighted by atomic mass is 16.6. The third-order valence-electron chi connectivity index (χ3n) is 2.94. The van der Waals surface area contributed by atoms with E-state index in [0.717, 1.165) is 33.8 Å². The minimum absolute atomic E-state index is 0.758. The first kappa shape index (κ1) is 8.70. The fraction of sp³-hybridized carbons (Fsp3) is 0. The molecule has 0 saturated carbocycles. The Labute approximate surface area is 97.6 Å². The van der Waals surface area contributed by atoms with Crippen molar-refractivity contribution in [3.05, 3.63) is 48.8 Å². The average Bonchev–Trinajstić information content (AvgIpc) is 2.85. The maximum absolute atomic E-state index is 5.90. The molecule has 3 heteroatoms. The van der Waals surface area contributed by atoms with Gasteiger partial charge in [-0.1, -0.05) is 12.1 Å². The van der Waals surface area contributed by atoms with Gasteiger partial charge < -0.3 is 14.5 Å². The first-order valence-electron chi connectivity index (χ1n) is 5.46. The van der Waals surface area contributed by atoms with E-state index in [2.05, 4.69) is 4.98 Å². The maximum atomic E-state index is 5.90. The zero-order valence-electron chi connectivity index (χ0n) is 8.94. The molecule has 3 nitrogen and oxygen atoms in total. The summed E-state index contributed by atoms with van der Waals surface area (Å²) < 4.78 is 11.7. The molecule has 0 aliphatic carbocycles. The molecule has 0 radical (unpaired) electrons. The second kappa shape index (κ2) is 3.04. The molecule has 2 aromatic carbocycles. The number of aromatic amines is 1. The van der Waals surface area contributed by atoms with Crippen molar-refractivity contribution in [2.45, 2.75) is 0 Å². The summed E-state index contributed by atoms with van der Waals surface area (Å²) in [6.07, 6.45) is 3.87. The molecule has 0 bridgehead atoms. The molecular weight excluding hydrogens is 214 g/mol. The van der Waals surface area contributed by atoms with Crippen LogP contribution in [0.1, 0.15) is 0 Å². The fourth-order valence-electron chi connectivity index (χ4n) is 2.12. The highest BCUT2D eigenvalue weighted by Gasteiger charge is 2.20. The molecular formula is C14H9NO2. The highest BCUT2D eigenvalue weighted by Crippen LogP contribution is 2.48. The molecule has 0 spiro atoms. The zero-order valence-corrected chi connectivity index (χ0v) is 8.94. The number of hydrogen-bond donors (Lipinski definition) is 1. The molecule has 0 fully saturated rings.